The van der Waals surface area contributed by atoms with Crippen molar-refractivity contribution in [3.63, 3.8) is 0 Å². The third-order valence-electron chi connectivity index (χ3n) is 3.26. The average molecular weight is 366 g/mol. The van der Waals surface area contributed by atoms with Gasteiger partial charge < -0.3 is 9.84 Å². The number of para-hydroxylation sites is 3. The molecule has 8 nitrogen and oxygen atoms in total. The summed E-state index contributed by atoms with van der Waals surface area (Å²) in [5.74, 6) is -0.386. The zero-order valence-corrected chi connectivity index (χ0v) is 14.2. The predicted octanol–water partition coefficient (Wildman–Crippen LogP) is 1.11. The molecule has 0 heterocycles. The Morgan fingerprint density at radius 2 is 1.76 bits per heavy atom. The van der Waals surface area contributed by atoms with Gasteiger partial charge in [0.15, 0.2) is 11.9 Å². The molecular formula is C16H18N2O6S. The molecule has 2 aromatic carbocycles. The lowest BCUT2D eigenvalue weighted by atomic mass is 10.2. The molecule has 2 aromatic rings. The number of hydroxylamine groups is 1. The second-order valence-electron chi connectivity index (χ2n) is 5.17. The quantitative estimate of drug-likeness (QED) is 0.499. The molecule has 9 heteroatoms. The molecule has 0 aliphatic carbocycles. The molecule has 0 bridgehead atoms. The summed E-state index contributed by atoms with van der Waals surface area (Å²) in [5, 5.41) is 18.4. The number of anilines is 1. The highest BCUT2D eigenvalue weighted by molar-refractivity contribution is 7.92. The summed E-state index contributed by atoms with van der Waals surface area (Å²) in [7, 11) is -3.84. The number of hydrogen-bond donors (Lipinski definition) is 3. The molecule has 0 unspecified atom stereocenters. The first-order chi connectivity index (χ1) is 11.8. The van der Waals surface area contributed by atoms with Crippen molar-refractivity contribution >= 4 is 21.6 Å². The molecule has 0 fully saturated rings. The molecule has 2 rings (SSSR count). The highest BCUT2D eigenvalue weighted by Gasteiger charge is 2.27. The number of ether oxygens (including phenoxy) is 1. The Morgan fingerprint density at radius 1 is 1.16 bits per heavy atom. The number of sulfonamides is 1. The van der Waals surface area contributed by atoms with Crippen molar-refractivity contribution in [3.8, 4) is 11.5 Å². The predicted molar refractivity (Wildman–Crippen MR) is 91.1 cm³/mol. The zero-order valence-electron chi connectivity index (χ0n) is 13.4. The second kappa shape index (κ2) is 7.97. The third-order valence-corrected chi connectivity index (χ3v) is 4.40. The summed E-state index contributed by atoms with van der Waals surface area (Å²) in [4.78, 5) is 11.3. The van der Waals surface area contributed by atoms with E-state index < -0.39 is 28.6 Å². The number of nitrogens with zero attached hydrogens (tertiary/aromatic N) is 1. The van der Waals surface area contributed by atoms with E-state index in [-0.39, 0.29) is 11.4 Å². The first kappa shape index (κ1) is 18.7. The Balaban J connectivity index is 2.39. The van der Waals surface area contributed by atoms with Gasteiger partial charge in [-0.25, -0.2) is 13.9 Å². The van der Waals surface area contributed by atoms with Crippen LogP contribution in [0.15, 0.2) is 54.6 Å². The molecule has 0 saturated heterocycles. The van der Waals surface area contributed by atoms with E-state index in [9.17, 15) is 18.3 Å². The molecule has 3 N–H and O–H groups in total. The lowest BCUT2D eigenvalue weighted by Gasteiger charge is -2.26. The normalized spacial score (nSPS) is 12.3. The van der Waals surface area contributed by atoms with Crippen LogP contribution in [0, 0.1) is 0 Å². The van der Waals surface area contributed by atoms with Crippen LogP contribution in [0.25, 0.3) is 0 Å². The van der Waals surface area contributed by atoms with Crippen LogP contribution in [0.4, 0.5) is 5.69 Å². The van der Waals surface area contributed by atoms with E-state index in [1.54, 1.807) is 42.5 Å². The van der Waals surface area contributed by atoms with Crippen LogP contribution in [-0.2, 0) is 14.8 Å². The summed E-state index contributed by atoms with van der Waals surface area (Å²) in [6.45, 7) is -0.583. The minimum Gasteiger partial charge on any atom is -0.455 e. The van der Waals surface area contributed by atoms with Gasteiger partial charge in [-0.05, 0) is 24.3 Å². The molecule has 0 radical (unpaired) electrons. The van der Waals surface area contributed by atoms with Crippen molar-refractivity contribution in [2.75, 3.05) is 17.1 Å². The van der Waals surface area contributed by atoms with Gasteiger partial charge in [0, 0.05) is 0 Å². The van der Waals surface area contributed by atoms with Gasteiger partial charge in [0.25, 0.3) is 5.91 Å². The Hall–Kier alpha value is -2.62. The van der Waals surface area contributed by atoms with Gasteiger partial charge in [0.2, 0.25) is 10.0 Å². The smallest absolute Gasteiger partial charge is 0.274 e. The minimum atomic E-state index is -3.84. The fourth-order valence-electron chi connectivity index (χ4n) is 2.09. The van der Waals surface area contributed by atoms with Gasteiger partial charge >= 0.3 is 0 Å². The monoisotopic (exact) mass is 366 g/mol. The molecule has 1 atom stereocenters. The first-order valence-corrected chi connectivity index (χ1v) is 9.09. The summed E-state index contributed by atoms with van der Waals surface area (Å²) < 4.78 is 30.9. The van der Waals surface area contributed by atoms with Crippen molar-refractivity contribution in [2.45, 2.75) is 6.10 Å². The molecule has 1 amide bonds. The highest BCUT2D eigenvalue weighted by Crippen LogP contribution is 2.33. The maximum atomic E-state index is 12.1. The highest BCUT2D eigenvalue weighted by atomic mass is 32.2. The lowest BCUT2D eigenvalue weighted by molar-refractivity contribution is -0.137. The van der Waals surface area contributed by atoms with Crippen LogP contribution in [0.2, 0.25) is 0 Å². The molecule has 0 aliphatic rings. The van der Waals surface area contributed by atoms with Crippen molar-refractivity contribution < 1.29 is 28.3 Å². The Morgan fingerprint density at radius 3 is 2.36 bits per heavy atom. The van der Waals surface area contributed by atoms with E-state index in [0.29, 0.717) is 5.75 Å². The van der Waals surface area contributed by atoms with Crippen molar-refractivity contribution in [1.82, 2.24) is 5.48 Å². The third kappa shape index (κ3) is 4.92. The van der Waals surface area contributed by atoms with Gasteiger partial charge in [-0.3, -0.25) is 14.3 Å². The van der Waals surface area contributed by atoms with Crippen molar-refractivity contribution in [2.24, 2.45) is 0 Å². The first-order valence-electron chi connectivity index (χ1n) is 7.24. The number of nitrogens with one attached hydrogen (secondary N) is 1. The molecule has 0 aromatic heterocycles. The number of aliphatic hydroxyl groups is 1. The summed E-state index contributed by atoms with van der Waals surface area (Å²) in [5.41, 5.74) is 1.44. The van der Waals surface area contributed by atoms with Crippen LogP contribution in [-0.4, -0.2) is 43.5 Å². The number of hydrogen-bond acceptors (Lipinski definition) is 6. The van der Waals surface area contributed by atoms with E-state index in [0.717, 1.165) is 10.6 Å². The fourth-order valence-corrected chi connectivity index (χ4v) is 3.01. The van der Waals surface area contributed by atoms with Gasteiger partial charge in [0.1, 0.15) is 5.75 Å². The van der Waals surface area contributed by atoms with Crippen molar-refractivity contribution in [3.05, 3.63) is 54.6 Å². The van der Waals surface area contributed by atoms with Gasteiger partial charge in [-0.1, -0.05) is 30.3 Å². The van der Waals surface area contributed by atoms with Crippen LogP contribution in [0.1, 0.15) is 0 Å². The standard InChI is InChI=1S/C16H18N2O6S/c1-25(22,23)18(11-14(19)16(20)17-21)13-9-5-6-10-15(13)24-12-7-3-2-4-8-12/h2-10,14,19,21H,11H2,1H3,(H,17,20)/t14-/m0/s1. The number of rotatable bonds is 7. The van der Waals surface area contributed by atoms with Crippen LogP contribution in [0.3, 0.4) is 0 Å². The van der Waals surface area contributed by atoms with E-state index in [4.69, 9.17) is 9.94 Å². The molecule has 0 spiro atoms. The van der Waals surface area contributed by atoms with Crippen molar-refractivity contribution in [1.29, 1.82) is 0 Å². The maximum absolute atomic E-state index is 12.1. The maximum Gasteiger partial charge on any atom is 0.274 e. The van der Waals surface area contributed by atoms with Crippen LogP contribution >= 0.6 is 0 Å². The molecule has 25 heavy (non-hydrogen) atoms. The lowest BCUT2D eigenvalue weighted by Crippen LogP contribution is -2.44. The summed E-state index contributed by atoms with van der Waals surface area (Å²) >= 11 is 0. The number of benzene rings is 2. The van der Waals surface area contributed by atoms with E-state index in [1.165, 1.54) is 11.5 Å². The average Bonchev–Trinajstić information content (AvgIpc) is 2.59. The Kier molecular flexibility index (Phi) is 5.97. The SMILES string of the molecule is CS(=O)(=O)N(C[C@H](O)C(=O)NO)c1ccccc1Oc1ccccc1. The summed E-state index contributed by atoms with van der Waals surface area (Å²) in [6, 6.07) is 15.1. The topological polar surface area (TPSA) is 116 Å². The largest absolute Gasteiger partial charge is 0.455 e. The molecule has 0 aliphatic heterocycles. The van der Waals surface area contributed by atoms with Crippen LogP contribution < -0.4 is 14.5 Å². The molecule has 134 valence electrons. The Bertz CT molecular complexity index is 826. The Labute approximate surface area is 145 Å². The number of carbonyl (C=O) groups is 1. The number of amides is 1. The van der Waals surface area contributed by atoms with Gasteiger partial charge in [-0.2, -0.15) is 0 Å². The molecule has 0 saturated carbocycles. The van der Waals surface area contributed by atoms with Gasteiger partial charge in [-0.15, -0.1) is 0 Å². The second-order valence-corrected chi connectivity index (χ2v) is 7.08. The van der Waals surface area contributed by atoms with E-state index in [1.807, 2.05) is 6.07 Å². The van der Waals surface area contributed by atoms with Crippen LogP contribution in [0.5, 0.6) is 11.5 Å². The number of aliphatic hydroxyl groups excluding tert-OH is 1. The molecular weight excluding hydrogens is 348 g/mol. The van der Waals surface area contributed by atoms with E-state index in [2.05, 4.69) is 0 Å². The summed E-state index contributed by atoms with van der Waals surface area (Å²) in [6.07, 6.45) is -0.819. The minimum absolute atomic E-state index is 0.152. The van der Waals surface area contributed by atoms with E-state index >= 15 is 0 Å². The fraction of sp³-hybridized carbons (Fsp3) is 0.188. The number of carbonyl (C=O) groups excluding carboxylic acids is 1. The zero-order chi connectivity index (χ0) is 18.4. The van der Waals surface area contributed by atoms with Gasteiger partial charge in [0.05, 0.1) is 18.5 Å².